The van der Waals surface area contributed by atoms with E-state index in [-0.39, 0.29) is 24.4 Å². The second kappa shape index (κ2) is 7.86. The third-order valence-corrected chi connectivity index (χ3v) is 4.15. The molecule has 0 bridgehead atoms. The molecule has 0 fully saturated rings. The molecular formula is C19H21N3O4. The number of rotatable bonds is 7. The van der Waals surface area contributed by atoms with Crippen LogP contribution in [0.2, 0.25) is 0 Å². The van der Waals surface area contributed by atoms with E-state index in [1.165, 1.54) is 10.9 Å². The first kappa shape index (κ1) is 17.7. The molecule has 1 N–H and O–H groups in total. The van der Waals surface area contributed by atoms with Gasteiger partial charge < -0.3 is 14.2 Å². The number of hydrogen-bond acceptors (Lipinski definition) is 5. The Balaban J connectivity index is 1.67. The fourth-order valence-electron chi connectivity index (χ4n) is 2.68. The molecule has 0 aliphatic heterocycles. The minimum Gasteiger partial charge on any atom is -0.469 e. The first-order valence-electron chi connectivity index (χ1n) is 8.52. The lowest BCUT2D eigenvalue weighted by atomic mass is 10.1. The van der Waals surface area contributed by atoms with Crippen molar-refractivity contribution in [1.82, 2.24) is 15.1 Å². The summed E-state index contributed by atoms with van der Waals surface area (Å²) in [5, 5.41) is 7.17. The van der Waals surface area contributed by atoms with Crippen molar-refractivity contribution in [2.24, 2.45) is 0 Å². The van der Waals surface area contributed by atoms with Crippen LogP contribution in [-0.2, 0) is 17.8 Å². The van der Waals surface area contributed by atoms with Crippen molar-refractivity contribution in [2.45, 2.75) is 39.3 Å². The minimum absolute atomic E-state index is 0.0921. The molecule has 0 radical (unpaired) electrons. The van der Waals surface area contributed by atoms with Crippen LogP contribution < -0.4 is 11.1 Å². The van der Waals surface area contributed by atoms with Crippen molar-refractivity contribution in [1.29, 1.82) is 0 Å². The van der Waals surface area contributed by atoms with E-state index in [1.54, 1.807) is 13.0 Å². The van der Waals surface area contributed by atoms with Gasteiger partial charge in [0.05, 0.1) is 24.8 Å². The van der Waals surface area contributed by atoms with Gasteiger partial charge in [0.15, 0.2) is 0 Å². The molecule has 7 nitrogen and oxygen atoms in total. The summed E-state index contributed by atoms with van der Waals surface area (Å²) < 4.78 is 11.7. The lowest BCUT2D eigenvalue weighted by Gasteiger charge is -2.16. The van der Waals surface area contributed by atoms with Gasteiger partial charge in [-0.1, -0.05) is 37.3 Å². The normalized spacial score (nSPS) is 12.1. The number of aryl methyl sites for hydroxylation is 1. The number of carbonyl (C=O) groups excluding carboxylic acids is 1. The topological polar surface area (TPSA) is 90.3 Å². The van der Waals surface area contributed by atoms with Gasteiger partial charge in [0.1, 0.15) is 5.76 Å². The summed E-state index contributed by atoms with van der Waals surface area (Å²) >= 11 is 0. The van der Waals surface area contributed by atoms with Gasteiger partial charge in [-0.15, -0.1) is 5.10 Å². The van der Waals surface area contributed by atoms with Crippen LogP contribution >= 0.6 is 0 Å². The summed E-state index contributed by atoms with van der Waals surface area (Å²) in [6.07, 6.45) is 2.48. The number of hydrogen-bond donors (Lipinski definition) is 1. The lowest BCUT2D eigenvalue weighted by molar-refractivity contribution is -0.121. The van der Waals surface area contributed by atoms with Gasteiger partial charge in [0.25, 0.3) is 5.89 Å². The molecule has 1 atom stereocenters. The molecule has 7 heteroatoms. The van der Waals surface area contributed by atoms with Crippen molar-refractivity contribution in [2.75, 3.05) is 0 Å². The van der Waals surface area contributed by atoms with E-state index in [1.807, 2.05) is 37.3 Å². The quantitative estimate of drug-likeness (QED) is 0.703. The van der Waals surface area contributed by atoms with Gasteiger partial charge in [-0.05, 0) is 25.0 Å². The largest absolute Gasteiger partial charge is 0.469 e. The van der Waals surface area contributed by atoms with Gasteiger partial charge in [-0.2, -0.15) is 4.68 Å². The highest BCUT2D eigenvalue weighted by molar-refractivity contribution is 5.78. The maximum absolute atomic E-state index is 12.2. The van der Waals surface area contributed by atoms with E-state index >= 15 is 0 Å². The highest BCUT2D eigenvalue weighted by Gasteiger charge is 2.18. The zero-order valence-corrected chi connectivity index (χ0v) is 14.8. The smallest absolute Gasteiger partial charge is 0.437 e. The summed E-state index contributed by atoms with van der Waals surface area (Å²) in [6, 6.07) is 11.0. The Hall–Kier alpha value is -3.09. The third kappa shape index (κ3) is 4.11. The Morgan fingerprint density at radius 3 is 2.69 bits per heavy atom. The molecule has 0 saturated heterocycles. The fraction of sp³-hybridized carbons (Fsp3) is 0.316. The number of amides is 1. The molecule has 0 unspecified atom stereocenters. The maximum Gasteiger partial charge on any atom is 0.437 e. The molecule has 0 aliphatic rings. The molecule has 1 amide bonds. The molecule has 3 rings (SSSR count). The van der Waals surface area contributed by atoms with Crippen molar-refractivity contribution in [3.05, 3.63) is 64.5 Å². The van der Waals surface area contributed by atoms with Crippen molar-refractivity contribution in [3.8, 4) is 11.5 Å². The van der Waals surface area contributed by atoms with E-state index in [9.17, 15) is 9.59 Å². The Labute approximate surface area is 150 Å². The van der Waals surface area contributed by atoms with E-state index in [0.717, 1.165) is 5.56 Å². The molecule has 3 aromatic rings. The van der Waals surface area contributed by atoms with E-state index in [0.29, 0.717) is 24.2 Å². The second-order valence-corrected chi connectivity index (χ2v) is 6.08. The number of furan rings is 1. The summed E-state index contributed by atoms with van der Waals surface area (Å²) in [6.45, 7) is 3.96. The summed E-state index contributed by atoms with van der Waals surface area (Å²) in [5.74, 6) is 0.190. The summed E-state index contributed by atoms with van der Waals surface area (Å²) in [4.78, 5) is 24.3. The van der Waals surface area contributed by atoms with Crippen LogP contribution in [0, 0.1) is 6.92 Å². The molecule has 2 heterocycles. The van der Waals surface area contributed by atoms with Crippen molar-refractivity contribution in [3.63, 3.8) is 0 Å². The van der Waals surface area contributed by atoms with Crippen LogP contribution in [-0.4, -0.2) is 21.7 Å². The van der Waals surface area contributed by atoms with Gasteiger partial charge in [0.2, 0.25) is 5.91 Å². The lowest BCUT2D eigenvalue weighted by Crippen LogP contribution is -2.40. The average molecular weight is 355 g/mol. The standard InChI is InChI=1S/C19H21N3O4/c1-3-15(20-17(23)11-14-7-5-4-6-8-14)12-22-19(24)26-18(21-22)16-9-10-25-13(16)2/h4-10,15H,3,11-12H2,1-2H3,(H,20,23)/t15-/m1/s1. The molecular weight excluding hydrogens is 334 g/mol. The van der Waals surface area contributed by atoms with Gasteiger partial charge in [0, 0.05) is 6.04 Å². The highest BCUT2D eigenvalue weighted by atomic mass is 16.4. The Morgan fingerprint density at radius 2 is 2.04 bits per heavy atom. The first-order valence-corrected chi connectivity index (χ1v) is 8.52. The van der Waals surface area contributed by atoms with Crippen LogP contribution in [0.1, 0.15) is 24.7 Å². The zero-order valence-electron chi connectivity index (χ0n) is 14.8. The molecule has 2 aromatic heterocycles. The molecule has 0 spiro atoms. The average Bonchev–Trinajstić information content (AvgIpc) is 3.20. The van der Waals surface area contributed by atoms with Crippen LogP contribution in [0.4, 0.5) is 0 Å². The SMILES string of the molecule is CC[C@H](Cn1nc(-c2ccoc2C)oc1=O)NC(=O)Cc1ccccc1. The summed E-state index contributed by atoms with van der Waals surface area (Å²) in [5.41, 5.74) is 1.58. The van der Waals surface area contributed by atoms with Crippen LogP contribution in [0.25, 0.3) is 11.5 Å². The molecule has 0 saturated carbocycles. The third-order valence-electron chi connectivity index (χ3n) is 4.15. The predicted octanol–water partition coefficient (Wildman–Crippen LogP) is 2.54. The van der Waals surface area contributed by atoms with Crippen molar-refractivity contribution >= 4 is 5.91 Å². The van der Waals surface area contributed by atoms with Crippen LogP contribution in [0.3, 0.4) is 0 Å². The van der Waals surface area contributed by atoms with Crippen molar-refractivity contribution < 1.29 is 13.6 Å². The number of aromatic nitrogens is 2. The first-order chi connectivity index (χ1) is 12.6. The number of carbonyl (C=O) groups is 1. The van der Waals surface area contributed by atoms with Gasteiger partial charge in [-0.25, -0.2) is 4.79 Å². The number of benzene rings is 1. The van der Waals surface area contributed by atoms with Gasteiger partial charge >= 0.3 is 5.76 Å². The predicted molar refractivity (Wildman–Crippen MR) is 95.6 cm³/mol. The molecule has 26 heavy (non-hydrogen) atoms. The highest BCUT2D eigenvalue weighted by Crippen LogP contribution is 2.20. The Kier molecular flexibility index (Phi) is 5.36. The second-order valence-electron chi connectivity index (χ2n) is 6.08. The molecule has 136 valence electrons. The van der Waals surface area contributed by atoms with Crippen LogP contribution in [0.15, 0.2) is 56.3 Å². The monoisotopic (exact) mass is 355 g/mol. The van der Waals surface area contributed by atoms with E-state index in [2.05, 4.69) is 10.4 Å². The zero-order chi connectivity index (χ0) is 18.5. The Morgan fingerprint density at radius 1 is 1.27 bits per heavy atom. The molecule has 0 aliphatic carbocycles. The molecule has 1 aromatic carbocycles. The number of nitrogens with one attached hydrogen (secondary N) is 1. The Bertz CT molecular complexity index is 924. The summed E-state index contributed by atoms with van der Waals surface area (Å²) in [7, 11) is 0. The minimum atomic E-state index is -0.559. The maximum atomic E-state index is 12.2. The van der Waals surface area contributed by atoms with E-state index < -0.39 is 5.76 Å². The van der Waals surface area contributed by atoms with E-state index in [4.69, 9.17) is 8.83 Å². The van der Waals surface area contributed by atoms with Crippen LogP contribution in [0.5, 0.6) is 0 Å². The number of nitrogens with zero attached hydrogens (tertiary/aromatic N) is 2. The fourth-order valence-corrected chi connectivity index (χ4v) is 2.68. The van der Waals surface area contributed by atoms with Gasteiger partial charge in [-0.3, -0.25) is 4.79 Å².